The largest absolute Gasteiger partial charge is 0.494 e. The maximum Gasteiger partial charge on any atom is 0.266 e. The number of carbonyl (C=O) groups excluding carboxylic acids is 1. The van der Waals surface area contributed by atoms with E-state index >= 15 is 0 Å². The molecule has 3 aromatic rings. The average Bonchev–Trinajstić information content (AvgIpc) is 2.78. The molecule has 0 aliphatic rings. The smallest absolute Gasteiger partial charge is 0.266 e. The summed E-state index contributed by atoms with van der Waals surface area (Å²) >= 11 is 9.65. The van der Waals surface area contributed by atoms with Crippen LogP contribution in [-0.4, -0.2) is 12.5 Å². The van der Waals surface area contributed by atoms with Gasteiger partial charge in [0.25, 0.3) is 5.91 Å². The van der Waals surface area contributed by atoms with Crippen molar-refractivity contribution >= 4 is 45.2 Å². The molecule has 3 rings (SSSR count). The van der Waals surface area contributed by atoms with Gasteiger partial charge in [0, 0.05) is 22.3 Å². The van der Waals surface area contributed by atoms with Crippen molar-refractivity contribution in [3.63, 3.8) is 0 Å². The van der Waals surface area contributed by atoms with Crippen LogP contribution in [0, 0.1) is 11.3 Å². The second-order valence-electron chi connectivity index (χ2n) is 6.65. The zero-order chi connectivity index (χ0) is 22.9. The number of ether oxygens (including phenoxy) is 2. The molecule has 0 saturated heterocycles. The molecule has 1 amide bonds. The number of hydrogen-bond donors (Lipinski definition) is 1. The van der Waals surface area contributed by atoms with Gasteiger partial charge in [0.2, 0.25) is 0 Å². The van der Waals surface area contributed by atoms with E-state index in [1.807, 2.05) is 37.3 Å². The van der Waals surface area contributed by atoms with Gasteiger partial charge in [0.1, 0.15) is 29.7 Å². The van der Waals surface area contributed by atoms with Crippen molar-refractivity contribution in [2.24, 2.45) is 0 Å². The zero-order valence-electron chi connectivity index (χ0n) is 17.3. The van der Waals surface area contributed by atoms with E-state index in [-0.39, 0.29) is 5.57 Å². The van der Waals surface area contributed by atoms with Crippen LogP contribution in [-0.2, 0) is 11.4 Å². The Morgan fingerprint density at radius 2 is 1.94 bits per heavy atom. The number of carbonyl (C=O) groups is 1. The van der Waals surface area contributed by atoms with Crippen molar-refractivity contribution in [1.29, 1.82) is 5.26 Å². The molecule has 0 aromatic heterocycles. The fourth-order valence-electron chi connectivity index (χ4n) is 2.84. The third kappa shape index (κ3) is 6.36. The van der Waals surface area contributed by atoms with E-state index in [4.69, 9.17) is 21.1 Å². The number of benzene rings is 3. The number of nitrogens with zero attached hydrogens (tertiary/aromatic N) is 1. The predicted octanol–water partition coefficient (Wildman–Crippen LogP) is 6.63. The fourth-order valence-corrected chi connectivity index (χ4v) is 3.54. The van der Waals surface area contributed by atoms with Gasteiger partial charge < -0.3 is 14.8 Å². The first kappa shape index (κ1) is 23.4. The highest BCUT2D eigenvalue weighted by atomic mass is 79.9. The van der Waals surface area contributed by atoms with Gasteiger partial charge in [-0.05, 0) is 64.8 Å². The van der Waals surface area contributed by atoms with Crippen molar-refractivity contribution in [2.75, 3.05) is 11.9 Å². The maximum absolute atomic E-state index is 12.6. The second kappa shape index (κ2) is 11.4. The number of anilines is 1. The van der Waals surface area contributed by atoms with Crippen molar-refractivity contribution in [3.8, 4) is 17.6 Å². The molecule has 0 saturated carbocycles. The van der Waals surface area contributed by atoms with E-state index in [2.05, 4.69) is 21.2 Å². The van der Waals surface area contributed by atoms with Crippen LogP contribution in [0.2, 0.25) is 5.02 Å². The standard InChI is InChI=1S/C25H20BrClN2O3/c1-2-31-21-8-5-7-20(14-21)29-25(30)19(15-28)12-17-10-11-24(22(26)13-17)32-16-18-6-3-4-9-23(18)27/h3-14H,2,16H2,1H3,(H,29,30)/b19-12-. The van der Waals surface area contributed by atoms with Gasteiger partial charge in [-0.25, -0.2) is 0 Å². The SMILES string of the molecule is CCOc1cccc(NC(=O)/C(C#N)=C\c2ccc(OCc3ccccc3Cl)c(Br)c2)c1. The van der Waals surface area contributed by atoms with Gasteiger partial charge in [-0.2, -0.15) is 5.26 Å². The molecule has 162 valence electrons. The lowest BCUT2D eigenvalue weighted by molar-refractivity contribution is -0.112. The van der Waals surface area contributed by atoms with Gasteiger partial charge in [-0.3, -0.25) is 4.79 Å². The first-order chi connectivity index (χ1) is 15.5. The Bertz CT molecular complexity index is 1190. The van der Waals surface area contributed by atoms with E-state index in [1.165, 1.54) is 6.08 Å². The van der Waals surface area contributed by atoms with Crippen LogP contribution < -0.4 is 14.8 Å². The Balaban J connectivity index is 1.70. The minimum Gasteiger partial charge on any atom is -0.494 e. The molecule has 0 bridgehead atoms. The number of rotatable bonds is 8. The fraction of sp³-hybridized carbons (Fsp3) is 0.120. The molecule has 0 aliphatic heterocycles. The summed E-state index contributed by atoms with van der Waals surface area (Å²) in [5.74, 6) is 0.762. The van der Waals surface area contributed by atoms with Crippen molar-refractivity contribution in [2.45, 2.75) is 13.5 Å². The van der Waals surface area contributed by atoms with Gasteiger partial charge >= 0.3 is 0 Å². The Morgan fingerprint density at radius 3 is 2.66 bits per heavy atom. The Morgan fingerprint density at radius 1 is 1.12 bits per heavy atom. The predicted molar refractivity (Wildman–Crippen MR) is 130 cm³/mol. The molecule has 1 N–H and O–H groups in total. The Labute approximate surface area is 200 Å². The molecule has 32 heavy (non-hydrogen) atoms. The van der Waals surface area contributed by atoms with Crippen LogP contribution in [0.3, 0.4) is 0 Å². The molecule has 0 radical (unpaired) electrons. The Hall–Kier alpha value is -3.27. The summed E-state index contributed by atoms with van der Waals surface area (Å²) in [6.45, 7) is 2.72. The maximum atomic E-state index is 12.6. The van der Waals surface area contributed by atoms with Crippen LogP contribution >= 0.6 is 27.5 Å². The molecule has 3 aromatic carbocycles. The Kier molecular flexibility index (Phi) is 8.32. The highest BCUT2D eigenvalue weighted by molar-refractivity contribution is 9.10. The molecule has 5 nitrogen and oxygen atoms in total. The van der Waals surface area contributed by atoms with Crippen molar-refractivity contribution in [3.05, 3.63) is 92.9 Å². The molecule has 0 fully saturated rings. The number of nitrogens with one attached hydrogen (secondary N) is 1. The van der Waals surface area contributed by atoms with Gasteiger partial charge in [-0.15, -0.1) is 0 Å². The van der Waals surface area contributed by atoms with E-state index < -0.39 is 5.91 Å². The van der Waals surface area contributed by atoms with Gasteiger partial charge in [0.15, 0.2) is 0 Å². The van der Waals surface area contributed by atoms with E-state index in [1.54, 1.807) is 42.5 Å². The van der Waals surface area contributed by atoms with E-state index in [0.717, 1.165) is 5.56 Å². The highest BCUT2D eigenvalue weighted by Crippen LogP contribution is 2.29. The average molecular weight is 512 g/mol. The zero-order valence-corrected chi connectivity index (χ0v) is 19.6. The summed E-state index contributed by atoms with van der Waals surface area (Å²) < 4.78 is 12.0. The number of halogens is 2. The second-order valence-corrected chi connectivity index (χ2v) is 7.92. The lowest BCUT2D eigenvalue weighted by Crippen LogP contribution is -2.13. The summed E-state index contributed by atoms with van der Waals surface area (Å²) in [5.41, 5.74) is 2.08. The number of hydrogen-bond acceptors (Lipinski definition) is 4. The van der Waals surface area contributed by atoms with Crippen LogP contribution in [0.4, 0.5) is 5.69 Å². The molecule has 7 heteroatoms. The van der Waals surface area contributed by atoms with Crippen LogP contribution in [0.5, 0.6) is 11.5 Å². The van der Waals surface area contributed by atoms with Gasteiger partial charge in [-0.1, -0.05) is 41.9 Å². The summed E-state index contributed by atoms with van der Waals surface area (Å²) in [6.07, 6.45) is 1.52. The minimum absolute atomic E-state index is 0.0246. The van der Waals surface area contributed by atoms with Crippen LogP contribution in [0.15, 0.2) is 76.8 Å². The third-order valence-corrected chi connectivity index (χ3v) is 5.36. The molecular weight excluding hydrogens is 492 g/mol. The quantitative estimate of drug-likeness (QED) is 0.272. The van der Waals surface area contributed by atoms with E-state index in [9.17, 15) is 10.1 Å². The van der Waals surface area contributed by atoms with Crippen molar-refractivity contribution < 1.29 is 14.3 Å². The van der Waals surface area contributed by atoms with Crippen LogP contribution in [0.25, 0.3) is 6.08 Å². The highest BCUT2D eigenvalue weighted by Gasteiger charge is 2.11. The summed E-state index contributed by atoms with van der Waals surface area (Å²) in [7, 11) is 0. The monoisotopic (exact) mass is 510 g/mol. The molecule has 0 aliphatic carbocycles. The molecule has 0 unspecified atom stereocenters. The summed E-state index contributed by atoms with van der Waals surface area (Å²) in [6, 6.07) is 21.8. The van der Waals surface area contributed by atoms with E-state index in [0.29, 0.717) is 45.5 Å². The lowest BCUT2D eigenvalue weighted by Gasteiger charge is -2.10. The number of amides is 1. The first-order valence-electron chi connectivity index (χ1n) is 9.82. The van der Waals surface area contributed by atoms with Crippen LogP contribution in [0.1, 0.15) is 18.1 Å². The summed E-state index contributed by atoms with van der Waals surface area (Å²) in [4.78, 5) is 12.6. The third-order valence-electron chi connectivity index (χ3n) is 4.38. The molecule has 0 heterocycles. The first-order valence-corrected chi connectivity index (χ1v) is 11.0. The molecular formula is C25H20BrClN2O3. The molecule has 0 atom stereocenters. The summed E-state index contributed by atoms with van der Waals surface area (Å²) in [5, 5.41) is 12.8. The lowest BCUT2D eigenvalue weighted by atomic mass is 10.1. The molecule has 0 spiro atoms. The topological polar surface area (TPSA) is 71.3 Å². The minimum atomic E-state index is -0.503. The number of nitriles is 1. The van der Waals surface area contributed by atoms with Gasteiger partial charge in [0.05, 0.1) is 11.1 Å². The van der Waals surface area contributed by atoms with Crippen molar-refractivity contribution in [1.82, 2.24) is 0 Å². The normalized spacial score (nSPS) is 10.9.